The molecule has 15 heavy (non-hydrogen) atoms. The highest BCUT2D eigenvalue weighted by atomic mass is 16.5. The van der Waals surface area contributed by atoms with E-state index in [2.05, 4.69) is 15.0 Å². The van der Waals surface area contributed by atoms with Gasteiger partial charge in [0, 0.05) is 0 Å². The number of benzene rings is 1. The topological polar surface area (TPSA) is 57.0 Å². The summed E-state index contributed by atoms with van der Waals surface area (Å²) in [7, 11) is 0. The summed E-state index contributed by atoms with van der Waals surface area (Å²) in [5, 5.41) is 7.47. The van der Waals surface area contributed by atoms with E-state index in [4.69, 9.17) is 0 Å². The molecule has 1 heterocycles. The first-order valence-corrected chi connectivity index (χ1v) is 4.43. The Bertz CT molecular complexity index is 439. The van der Waals surface area contributed by atoms with Crippen LogP contribution in [0.3, 0.4) is 0 Å². The highest BCUT2D eigenvalue weighted by Gasteiger charge is 2.00. The largest absolute Gasteiger partial charge is 0.406 e. The second-order valence-electron chi connectivity index (χ2n) is 2.95. The van der Waals surface area contributed by atoms with Crippen LogP contribution in [0.15, 0.2) is 36.5 Å². The van der Waals surface area contributed by atoms with Gasteiger partial charge in [-0.1, -0.05) is 40.6 Å². The van der Waals surface area contributed by atoms with E-state index < -0.39 is 0 Å². The number of ether oxygens (including phenoxy) is 1. The Labute approximate surface area is 86.3 Å². The van der Waals surface area contributed by atoms with Crippen molar-refractivity contribution in [3.63, 3.8) is 0 Å². The second kappa shape index (κ2) is 4.36. The average Bonchev–Trinajstić information content (AvgIpc) is 2.68. The zero-order valence-electron chi connectivity index (χ0n) is 7.91. The van der Waals surface area contributed by atoms with Crippen molar-refractivity contribution >= 4 is 6.47 Å². The molecule has 0 saturated carbocycles. The molecule has 0 unspecified atom stereocenters. The van der Waals surface area contributed by atoms with Crippen LogP contribution in [0, 0.1) is 0 Å². The quantitative estimate of drug-likeness (QED) is 0.691. The summed E-state index contributed by atoms with van der Waals surface area (Å²) in [6.07, 6.45) is 1.57. The van der Waals surface area contributed by atoms with Gasteiger partial charge in [-0.25, -0.2) is 4.68 Å². The zero-order chi connectivity index (χ0) is 10.5. The van der Waals surface area contributed by atoms with Crippen molar-refractivity contribution in [2.75, 3.05) is 0 Å². The van der Waals surface area contributed by atoms with Crippen LogP contribution in [0.1, 0.15) is 5.56 Å². The molecule has 5 nitrogen and oxygen atoms in total. The zero-order valence-corrected chi connectivity index (χ0v) is 7.91. The molecule has 0 amide bonds. The van der Waals surface area contributed by atoms with Crippen molar-refractivity contribution < 1.29 is 9.53 Å². The Kier molecular flexibility index (Phi) is 2.73. The molecule has 1 aromatic heterocycles. The number of aromatic nitrogens is 3. The number of nitrogens with zero attached hydrogens (tertiary/aromatic N) is 3. The number of hydrogen-bond acceptors (Lipinski definition) is 4. The fourth-order valence-corrected chi connectivity index (χ4v) is 1.23. The molecule has 1 aromatic carbocycles. The van der Waals surface area contributed by atoms with Crippen LogP contribution < -0.4 is 4.74 Å². The van der Waals surface area contributed by atoms with Crippen molar-refractivity contribution in [1.29, 1.82) is 0 Å². The van der Waals surface area contributed by atoms with E-state index in [1.54, 1.807) is 10.9 Å². The predicted octanol–water partition coefficient (Wildman–Crippen LogP) is 0.862. The van der Waals surface area contributed by atoms with Gasteiger partial charge in [0.1, 0.15) is 0 Å². The van der Waals surface area contributed by atoms with E-state index in [1.807, 2.05) is 30.3 Å². The normalized spacial score (nSPS) is 9.87. The van der Waals surface area contributed by atoms with E-state index in [1.165, 1.54) is 0 Å². The molecule has 0 aliphatic heterocycles. The fourth-order valence-electron chi connectivity index (χ4n) is 1.23. The maximum Gasteiger partial charge on any atom is 0.299 e. The minimum atomic E-state index is 0.209. The van der Waals surface area contributed by atoms with Gasteiger partial charge in [-0.05, 0) is 5.56 Å². The lowest BCUT2D eigenvalue weighted by Gasteiger charge is -1.98. The third-order valence-corrected chi connectivity index (χ3v) is 1.87. The summed E-state index contributed by atoms with van der Waals surface area (Å²) >= 11 is 0. The second-order valence-corrected chi connectivity index (χ2v) is 2.95. The lowest BCUT2D eigenvalue weighted by Crippen LogP contribution is -1.99. The number of hydrogen-bond donors (Lipinski definition) is 0. The Hall–Kier alpha value is -2.17. The maximum absolute atomic E-state index is 10.0. The molecule has 0 aliphatic rings. The van der Waals surface area contributed by atoms with Crippen LogP contribution >= 0.6 is 0 Å². The van der Waals surface area contributed by atoms with Gasteiger partial charge in [0.25, 0.3) is 12.4 Å². The van der Waals surface area contributed by atoms with Gasteiger partial charge in [0.15, 0.2) is 0 Å². The maximum atomic E-state index is 10.0. The molecule has 0 bridgehead atoms. The first kappa shape index (κ1) is 9.39. The van der Waals surface area contributed by atoms with E-state index >= 15 is 0 Å². The van der Waals surface area contributed by atoms with Gasteiger partial charge in [0.05, 0.1) is 12.7 Å². The van der Waals surface area contributed by atoms with Gasteiger partial charge >= 0.3 is 0 Å². The molecule has 0 atom stereocenters. The van der Waals surface area contributed by atoms with Gasteiger partial charge in [-0.2, -0.15) is 0 Å². The summed E-state index contributed by atoms with van der Waals surface area (Å²) in [6.45, 7) is 0.937. The standard InChI is InChI=1S/C10H9N3O2/c14-8-15-10-7-13(12-11-10)6-9-4-2-1-3-5-9/h1-5,7-8H,6H2. The van der Waals surface area contributed by atoms with Crippen molar-refractivity contribution in [2.24, 2.45) is 0 Å². The van der Waals surface area contributed by atoms with Crippen LogP contribution in [0.25, 0.3) is 0 Å². The SMILES string of the molecule is O=COc1cn(Cc2ccccc2)nn1. The van der Waals surface area contributed by atoms with Crippen LogP contribution in [-0.2, 0) is 11.3 Å². The average molecular weight is 203 g/mol. The fraction of sp³-hybridized carbons (Fsp3) is 0.100. The molecular formula is C10H9N3O2. The molecule has 0 aliphatic carbocycles. The van der Waals surface area contributed by atoms with Crippen LogP contribution in [0.5, 0.6) is 5.88 Å². The number of carbonyl (C=O) groups excluding carboxylic acids is 1. The molecule has 5 heteroatoms. The summed E-state index contributed by atoms with van der Waals surface area (Å²) < 4.78 is 6.15. The van der Waals surface area contributed by atoms with Crippen LogP contribution in [0.2, 0.25) is 0 Å². The van der Waals surface area contributed by atoms with Crippen molar-refractivity contribution in [1.82, 2.24) is 15.0 Å². The van der Waals surface area contributed by atoms with Crippen molar-refractivity contribution in [2.45, 2.75) is 6.54 Å². The summed E-state index contributed by atoms with van der Waals surface area (Å²) in [6, 6.07) is 9.83. The highest BCUT2D eigenvalue weighted by molar-refractivity contribution is 5.42. The first-order chi connectivity index (χ1) is 7.38. The van der Waals surface area contributed by atoms with E-state index in [9.17, 15) is 4.79 Å². The Morgan fingerprint density at radius 3 is 2.87 bits per heavy atom. The molecule has 0 saturated heterocycles. The minimum absolute atomic E-state index is 0.209. The van der Waals surface area contributed by atoms with E-state index in [-0.39, 0.29) is 5.88 Å². The number of rotatable bonds is 4. The van der Waals surface area contributed by atoms with Gasteiger partial charge < -0.3 is 4.74 Å². The Balaban J connectivity index is 2.08. The Morgan fingerprint density at radius 1 is 1.33 bits per heavy atom. The monoisotopic (exact) mass is 203 g/mol. The summed E-state index contributed by atoms with van der Waals surface area (Å²) in [5.41, 5.74) is 1.11. The molecule has 0 N–H and O–H groups in total. The van der Waals surface area contributed by atoms with Gasteiger partial charge in [-0.15, -0.1) is 0 Å². The van der Waals surface area contributed by atoms with Crippen molar-refractivity contribution in [3.05, 3.63) is 42.1 Å². The number of carbonyl (C=O) groups is 1. The van der Waals surface area contributed by atoms with E-state index in [0.29, 0.717) is 13.0 Å². The third kappa shape index (κ3) is 2.40. The van der Waals surface area contributed by atoms with Gasteiger partial charge in [-0.3, -0.25) is 4.79 Å². The molecule has 0 radical (unpaired) electrons. The van der Waals surface area contributed by atoms with Crippen molar-refractivity contribution in [3.8, 4) is 5.88 Å². The Morgan fingerprint density at radius 2 is 2.13 bits per heavy atom. The predicted molar refractivity (Wildman–Crippen MR) is 52.3 cm³/mol. The molecule has 0 fully saturated rings. The lowest BCUT2D eigenvalue weighted by atomic mass is 10.2. The van der Waals surface area contributed by atoms with Gasteiger partial charge in [0.2, 0.25) is 0 Å². The molecular weight excluding hydrogens is 194 g/mol. The van der Waals surface area contributed by atoms with Crippen LogP contribution in [0.4, 0.5) is 0 Å². The summed E-state index contributed by atoms with van der Waals surface area (Å²) in [4.78, 5) is 10.0. The molecule has 2 rings (SSSR count). The summed E-state index contributed by atoms with van der Waals surface area (Å²) in [5.74, 6) is 0.209. The smallest absolute Gasteiger partial charge is 0.299 e. The van der Waals surface area contributed by atoms with E-state index in [0.717, 1.165) is 5.56 Å². The third-order valence-electron chi connectivity index (χ3n) is 1.87. The molecule has 76 valence electrons. The van der Waals surface area contributed by atoms with Crippen LogP contribution in [-0.4, -0.2) is 21.5 Å². The minimum Gasteiger partial charge on any atom is -0.406 e. The highest BCUT2D eigenvalue weighted by Crippen LogP contribution is 2.05. The lowest BCUT2D eigenvalue weighted by molar-refractivity contribution is -0.120. The molecule has 2 aromatic rings. The first-order valence-electron chi connectivity index (χ1n) is 4.43. The molecule has 0 spiro atoms.